The smallest absolute Gasteiger partial charge is 0.192 e. The summed E-state index contributed by atoms with van der Waals surface area (Å²) in [6, 6.07) is 0. The Morgan fingerprint density at radius 1 is 0.885 bits per heavy atom. The van der Waals surface area contributed by atoms with E-state index in [0.717, 1.165) is 25.3 Å². The topological polar surface area (TPSA) is 77.8 Å². The Kier molecular flexibility index (Phi) is 12.1. The van der Waals surface area contributed by atoms with Crippen molar-refractivity contribution in [1.29, 1.82) is 0 Å². The number of hydrogen-bond acceptors (Lipinski definition) is 4. The fourth-order valence-electron chi connectivity index (χ4n) is 3.72. The number of ketones is 1. The second-order valence-corrected chi connectivity index (χ2v) is 7.89. The van der Waals surface area contributed by atoms with Gasteiger partial charge in [-0.1, -0.05) is 96.8 Å². The number of unbranched alkanes of at least 4 members (excludes halogenated alkanes) is 13. The summed E-state index contributed by atoms with van der Waals surface area (Å²) in [5.41, 5.74) is -2.03. The van der Waals surface area contributed by atoms with Gasteiger partial charge >= 0.3 is 0 Å². The molecule has 1 aliphatic rings. The summed E-state index contributed by atoms with van der Waals surface area (Å²) in [5.74, 6) is -0.595. The van der Waals surface area contributed by atoms with Crippen molar-refractivity contribution in [1.82, 2.24) is 0 Å². The summed E-state index contributed by atoms with van der Waals surface area (Å²) >= 11 is 0. The second kappa shape index (κ2) is 13.5. The number of rotatable bonds is 16. The highest BCUT2D eigenvalue weighted by atomic mass is 16.4. The highest BCUT2D eigenvalue weighted by Gasteiger charge is 2.50. The van der Waals surface area contributed by atoms with Gasteiger partial charge in [0.25, 0.3) is 0 Å². The number of aliphatic hydroxyl groups is 3. The van der Waals surface area contributed by atoms with Crippen LogP contribution in [0.3, 0.4) is 0 Å². The molecule has 1 rings (SSSR count). The van der Waals surface area contributed by atoms with Crippen LogP contribution in [0.1, 0.15) is 103 Å². The molecule has 0 heterocycles. The summed E-state index contributed by atoms with van der Waals surface area (Å²) < 4.78 is 0. The lowest BCUT2D eigenvalue weighted by Crippen LogP contribution is -2.54. The Balaban J connectivity index is 1.90. The molecule has 1 aliphatic carbocycles. The van der Waals surface area contributed by atoms with E-state index in [2.05, 4.69) is 6.92 Å². The van der Waals surface area contributed by atoms with Gasteiger partial charge in [-0.15, -0.1) is 0 Å². The van der Waals surface area contributed by atoms with E-state index >= 15 is 0 Å². The molecule has 0 radical (unpaired) electrons. The number of carbonyl (C=O) groups is 1. The summed E-state index contributed by atoms with van der Waals surface area (Å²) in [6.45, 7) is 2.25. The molecule has 0 amide bonds. The van der Waals surface area contributed by atoms with E-state index in [9.17, 15) is 20.1 Å². The van der Waals surface area contributed by atoms with E-state index in [1.54, 1.807) is 0 Å². The van der Waals surface area contributed by atoms with Crippen molar-refractivity contribution in [2.75, 3.05) is 0 Å². The van der Waals surface area contributed by atoms with Crippen LogP contribution in [0.2, 0.25) is 0 Å². The van der Waals surface area contributed by atoms with Gasteiger partial charge in [0, 0.05) is 0 Å². The van der Waals surface area contributed by atoms with E-state index in [4.69, 9.17) is 0 Å². The molecule has 0 aromatic heterocycles. The average Bonchev–Trinajstić information content (AvgIpc) is 2.90. The zero-order valence-corrected chi connectivity index (χ0v) is 16.7. The molecular weight excluding hydrogens is 328 g/mol. The molecule has 0 bridgehead atoms. The molecule has 4 heteroatoms. The zero-order chi connectivity index (χ0) is 19.3. The summed E-state index contributed by atoms with van der Waals surface area (Å²) in [4.78, 5) is 11.6. The first-order chi connectivity index (χ1) is 12.5. The lowest BCUT2D eigenvalue weighted by Gasteiger charge is -2.30. The molecule has 3 atom stereocenters. The molecule has 0 saturated carbocycles. The van der Waals surface area contributed by atoms with E-state index in [0.29, 0.717) is 6.42 Å². The van der Waals surface area contributed by atoms with Crippen LogP contribution in [-0.2, 0) is 4.79 Å². The van der Waals surface area contributed by atoms with Crippen LogP contribution in [0.15, 0.2) is 12.2 Å². The molecule has 0 aliphatic heterocycles. The van der Waals surface area contributed by atoms with Crippen molar-refractivity contribution in [2.24, 2.45) is 0 Å². The molecule has 0 fully saturated rings. The Morgan fingerprint density at radius 2 is 1.31 bits per heavy atom. The predicted octanol–water partition coefficient (Wildman–Crippen LogP) is 4.45. The van der Waals surface area contributed by atoms with Crippen molar-refractivity contribution in [3.05, 3.63) is 12.2 Å². The molecule has 0 spiro atoms. The minimum absolute atomic E-state index is 0.346. The highest BCUT2D eigenvalue weighted by molar-refractivity contribution is 6.00. The van der Waals surface area contributed by atoms with Crippen LogP contribution in [0.5, 0.6) is 0 Å². The Hall–Kier alpha value is -0.710. The van der Waals surface area contributed by atoms with Gasteiger partial charge in [0.15, 0.2) is 11.4 Å². The fraction of sp³-hybridized carbons (Fsp3) is 0.864. The molecule has 3 N–H and O–H groups in total. The third-order valence-corrected chi connectivity index (χ3v) is 5.61. The fourth-order valence-corrected chi connectivity index (χ4v) is 3.72. The second-order valence-electron chi connectivity index (χ2n) is 7.89. The molecule has 0 aromatic rings. The monoisotopic (exact) mass is 368 g/mol. The third kappa shape index (κ3) is 7.89. The third-order valence-electron chi connectivity index (χ3n) is 5.61. The molecule has 26 heavy (non-hydrogen) atoms. The molecule has 0 aromatic carbocycles. The normalized spacial score (nSPS) is 23.7. The van der Waals surface area contributed by atoms with E-state index < -0.39 is 23.6 Å². The Morgan fingerprint density at radius 3 is 1.69 bits per heavy atom. The van der Waals surface area contributed by atoms with Crippen molar-refractivity contribution in [3.63, 3.8) is 0 Å². The first-order valence-electron chi connectivity index (χ1n) is 10.8. The Labute approximate surface area is 159 Å². The minimum atomic E-state index is -2.03. The Bertz CT molecular complexity index is 407. The van der Waals surface area contributed by atoms with E-state index in [-0.39, 0.29) is 0 Å². The van der Waals surface area contributed by atoms with Gasteiger partial charge in [-0.25, -0.2) is 0 Å². The molecule has 0 saturated heterocycles. The average molecular weight is 369 g/mol. The predicted molar refractivity (Wildman–Crippen MR) is 106 cm³/mol. The van der Waals surface area contributed by atoms with E-state index in [1.807, 2.05) is 0 Å². The lowest BCUT2D eigenvalue weighted by molar-refractivity contribution is -0.158. The highest BCUT2D eigenvalue weighted by Crippen LogP contribution is 2.27. The van der Waals surface area contributed by atoms with Crippen molar-refractivity contribution in [3.8, 4) is 0 Å². The van der Waals surface area contributed by atoms with Crippen LogP contribution in [0, 0.1) is 0 Å². The zero-order valence-electron chi connectivity index (χ0n) is 16.7. The number of aliphatic hydroxyl groups excluding tert-OH is 2. The van der Waals surface area contributed by atoms with E-state index in [1.165, 1.54) is 76.7 Å². The molecule has 152 valence electrons. The maximum atomic E-state index is 11.6. The van der Waals surface area contributed by atoms with Crippen molar-refractivity contribution >= 4 is 5.78 Å². The van der Waals surface area contributed by atoms with Crippen LogP contribution < -0.4 is 0 Å². The minimum Gasteiger partial charge on any atom is -0.390 e. The maximum absolute atomic E-state index is 11.6. The van der Waals surface area contributed by atoms with Crippen molar-refractivity contribution in [2.45, 2.75) is 121 Å². The van der Waals surface area contributed by atoms with Crippen LogP contribution in [0.25, 0.3) is 0 Å². The van der Waals surface area contributed by atoms with Gasteiger partial charge < -0.3 is 15.3 Å². The van der Waals surface area contributed by atoms with Gasteiger partial charge in [0.2, 0.25) is 0 Å². The SMILES string of the molecule is CCCCCCCCCCCCCCCC[C@@H](O)[C@]1(O)C(=O)C=C[C@H]1O. The van der Waals surface area contributed by atoms with Gasteiger partial charge in [0.05, 0.1) is 6.10 Å². The number of carbonyl (C=O) groups excluding carboxylic acids is 1. The van der Waals surface area contributed by atoms with Gasteiger partial charge in [-0.05, 0) is 18.6 Å². The van der Waals surface area contributed by atoms with Gasteiger partial charge in [-0.2, -0.15) is 0 Å². The lowest BCUT2D eigenvalue weighted by atomic mass is 9.87. The standard InChI is InChI=1S/C22H40O4/c1-2-3-4-5-6-7-8-9-10-11-12-13-14-15-16-19(23)22(26)20(24)17-18-21(22)25/h17-20,23-24,26H,2-16H2,1H3/t19-,20-,22-/m1/s1. The van der Waals surface area contributed by atoms with Crippen LogP contribution in [0.4, 0.5) is 0 Å². The first kappa shape index (κ1) is 23.3. The van der Waals surface area contributed by atoms with Crippen molar-refractivity contribution < 1.29 is 20.1 Å². The molecule has 0 unspecified atom stereocenters. The first-order valence-corrected chi connectivity index (χ1v) is 10.8. The molecule has 4 nitrogen and oxygen atoms in total. The quantitative estimate of drug-likeness (QED) is 0.352. The molecular formula is C22H40O4. The van der Waals surface area contributed by atoms with Gasteiger partial charge in [-0.3, -0.25) is 4.79 Å². The van der Waals surface area contributed by atoms with Crippen LogP contribution >= 0.6 is 0 Å². The number of hydrogen-bond donors (Lipinski definition) is 3. The summed E-state index contributed by atoms with van der Waals surface area (Å²) in [5, 5.41) is 29.9. The van der Waals surface area contributed by atoms with Gasteiger partial charge in [0.1, 0.15) is 6.10 Å². The summed E-state index contributed by atoms with van der Waals surface area (Å²) in [6.07, 6.45) is 17.9. The maximum Gasteiger partial charge on any atom is 0.192 e. The largest absolute Gasteiger partial charge is 0.390 e. The summed E-state index contributed by atoms with van der Waals surface area (Å²) in [7, 11) is 0. The van der Waals surface area contributed by atoms with Crippen LogP contribution in [-0.4, -0.2) is 38.9 Å².